The van der Waals surface area contributed by atoms with Gasteiger partial charge in [-0.1, -0.05) is 70.0 Å². The fourth-order valence-corrected chi connectivity index (χ4v) is 4.80. The quantitative estimate of drug-likeness (QED) is 0.131. The van der Waals surface area contributed by atoms with Crippen molar-refractivity contribution in [2.75, 3.05) is 33.0 Å². The fourth-order valence-electron chi connectivity index (χ4n) is 4.80. The van der Waals surface area contributed by atoms with Gasteiger partial charge in [0, 0.05) is 57.1 Å². The third kappa shape index (κ3) is 9.93. The molecular weight excluding hydrogens is 492 g/mol. The Balaban J connectivity index is 2.29. The molecular formula is C35H50N4O. The summed E-state index contributed by atoms with van der Waals surface area (Å²) in [6.45, 7) is 15.1. The van der Waals surface area contributed by atoms with E-state index in [1.165, 1.54) is 6.42 Å². The molecule has 216 valence electrons. The Hall–Kier alpha value is -3.47. The zero-order chi connectivity index (χ0) is 29.7. The second-order valence-electron chi connectivity index (χ2n) is 11.1. The van der Waals surface area contributed by atoms with E-state index in [0.29, 0.717) is 11.7 Å². The summed E-state index contributed by atoms with van der Waals surface area (Å²) in [4.78, 5) is 23.0. The van der Waals surface area contributed by atoms with Gasteiger partial charge < -0.3 is 10.2 Å². The molecule has 1 aromatic carbocycles. The average molecular weight is 543 g/mol. The molecule has 0 aliphatic rings. The molecule has 5 nitrogen and oxygen atoms in total. The smallest absolute Gasteiger partial charge is 0.134 e. The first-order valence-electron chi connectivity index (χ1n) is 14.6. The number of unbranched alkanes of at least 4 members (excludes halogenated alkanes) is 1. The minimum atomic E-state index is 0.178. The maximum Gasteiger partial charge on any atom is 0.134 e. The van der Waals surface area contributed by atoms with E-state index < -0.39 is 0 Å². The third-order valence-corrected chi connectivity index (χ3v) is 7.40. The lowest BCUT2D eigenvalue weighted by atomic mass is 9.95. The van der Waals surface area contributed by atoms with Crippen LogP contribution in [0.25, 0.3) is 22.4 Å². The normalized spacial score (nSPS) is 13.8. The van der Waals surface area contributed by atoms with Gasteiger partial charge in [-0.2, -0.15) is 0 Å². The van der Waals surface area contributed by atoms with Crippen LogP contribution in [0.5, 0.6) is 0 Å². The van der Waals surface area contributed by atoms with Gasteiger partial charge in [-0.05, 0) is 73.9 Å². The van der Waals surface area contributed by atoms with Crippen LogP contribution in [0.1, 0.15) is 76.5 Å². The van der Waals surface area contributed by atoms with Crippen molar-refractivity contribution in [3.63, 3.8) is 0 Å². The molecule has 5 heteroatoms. The average Bonchev–Trinajstić information content (AvgIpc) is 2.93. The first-order chi connectivity index (χ1) is 19.1. The van der Waals surface area contributed by atoms with Gasteiger partial charge in [-0.25, -0.2) is 4.98 Å². The third-order valence-electron chi connectivity index (χ3n) is 7.40. The number of nitrogens with zero attached hydrogens (tertiary/aromatic N) is 3. The summed E-state index contributed by atoms with van der Waals surface area (Å²) in [6.07, 6.45) is 13.5. The van der Waals surface area contributed by atoms with Gasteiger partial charge in [0.15, 0.2) is 0 Å². The van der Waals surface area contributed by atoms with E-state index in [9.17, 15) is 4.79 Å². The molecule has 1 heterocycles. The molecule has 1 N–H and O–H groups in total. The predicted molar refractivity (Wildman–Crippen MR) is 175 cm³/mol. The molecule has 2 rings (SSSR count). The lowest BCUT2D eigenvalue weighted by Gasteiger charge is -2.18. The molecule has 0 fully saturated rings. The van der Waals surface area contributed by atoms with E-state index in [4.69, 9.17) is 4.98 Å². The number of Topliss-reactive ketones (excluding diaryl/α,β-unsaturated/α-hetero) is 1. The van der Waals surface area contributed by atoms with Crippen molar-refractivity contribution in [2.45, 2.75) is 66.7 Å². The maximum atomic E-state index is 11.5. The molecule has 40 heavy (non-hydrogen) atoms. The number of carbonyl (C=O) groups excluding carboxylic acids is 1. The van der Waals surface area contributed by atoms with Crippen LogP contribution in [-0.4, -0.2) is 49.6 Å². The van der Waals surface area contributed by atoms with Crippen LogP contribution in [0, 0.1) is 18.8 Å². The number of hydrogen-bond donors (Lipinski definition) is 1. The summed E-state index contributed by atoms with van der Waals surface area (Å²) < 4.78 is 0. The summed E-state index contributed by atoms with van der Waals surface area (Å²) in [5.41, 5.74) is 7.46. The Kier molecular flexibility index (Phi) is 13.6. The van der Waals surface area contributed by atoms with Crippen LogP contribution < -0.4 is 5.32 Å². The Morgan fingerprint density at radius 2 is 1.85 bits per heavy atom. The minimum absolute atomic E-state index is 0.178. The molecule has 2 atom stereocenters. The maximum absolute atomic E-state index is 11.5. The molecule has 2 unspecified atom stereocenters. The summed E-state index contributed by atoms with van der Waals surface area (Å²) in [6, 6.07) is 10.7. The van der Waals surface area contributed by atoms with Crippen LogP contribution in [0.15, 0.2) is 60.3 Å². The number of allylic oxidation sites excluding steroid dienone is 4. The van der Waals surface area contributed by atoms with Crippen molar-refractivity contribution < 1.29 is 4.79 Å². The van der Waals surface area contributed by atoms with Crippen molar-refractivity contribution in [3.05, 3.63) is 72.0 Å². The van der Waals surface area contributed by atoms with Crippen molar-refractivity contribution >= 4 is 29.0 Å². The zero-order valence-corrected chi connectivity index (χ0v) is 26.1. The number of aryl methyl sites for hydroxylation is 1. The number of rotatable bonds is 16. The van der Waals surface area contributed by atoms with E-state index in [-0.39, 0.29) is 5.92 Å². The number of anilines is 1. The number of hydrogen-bond acceptors (Lipinski definition) is 5. The van der Waals surface area contributed by atoms with Crippen LogP contribution in [0.3, 0.4) is 0 Å². The van der Waals surface area contributed by atoms with E-state index in [1.807, 2.05) is 45.1 Å². The predicted octanol–water partition coefficient (Wildman–Crippen LogP) is 8.47. The standard InChI is InChI=1S/C35H50N4O/c1-10-29(23-36-7)33-21-27(5)34(32-18-14-17-31(22-32)30(11-2)24-39(8)9)38-35(33)37-20-19-25(3)15-12-13-16-26(4)28(6)40/h10-11,14,17-18,21-26H,2,12-13,15-16,19-20H2,1,3-9H3,(H,37,38)/b29-10+,30-24+,36-23?. The highest BCUT2D eigenvalue weighted by atomic mass is 16.1. The molecule has 1 aromatic heterocycles. The van der Waals surface area contributed by atoms with E-state index in [2.05, 4.69) is 73.3 Å². The number of ketones is 1. The van der Waals surface area contributed by atoms with Crippen LogP contribution in [0.2, 0.25) is 0 Å². The lowest BCUT2D eigenvalue weighted by Crippen LogP contribution is -2.11. The van der Waals surface area contributed by atoms with Gasteiger partial charge in [0.1, 0.15) is 11.6 Å². The lowest BCUT2D eigenvalue weighted by molar-refractivity contribution is -0.120. The van der Waals surface area contributed by atoms with Crippen LogP contribution >= 0.6 is 0 Å². The molecule has 0 saturated heterocycles. The fraction of sp³-hybridized carbons (Fsp3) is 0.457. The van der Waals surface area contributed by atoms with Gasteiger partial charge in [0.05, 0.1) is 5.69 Å². The van der Waals surface area contributed by atoms with Gasteiger partial charge in [0.2, 0.25) is 0 Å². The first kappa shape index (κ1) is 32.7. The number of pyridine rings is 1. The summed E-state index contributed by atoms with van der Waals surface area (Å²) in [5.74, 6) is 1.96. The first-order valence-corrected chi connectivity index (χ1v) is 14.6. The highest BCUT2D eigenvalue weighted by Gasteiger charge is 2.15. The molecule has 0 saturated carbocycles. The topological polar surface area (TPSA) is 57.6 Å². The summed E-state index contributed by atoms with van der Waals surface area (Å²) >= 11 is 0. The SMILES string of the molecule is C=C/C(=C\N(C)C)c1cccc(-c2nc(NCCC(C)CCCCC(C)C(C)=O)c(/C(C=NC)=C/C)cc2C)c1. The van der Waals surface area contributed by atoms with E-state index >= 15 is 0 Å². The Morgan fingerprint density at radius 3 is 2.48 bits per heavy atom. The van der Waals surface area contributed by atoms with Gasteiger partial charge in [0.25, 0.3) is 0 Å². The molecule has 0 radical (unpaired) electrons. The Morgan fingerprint density at radius 1 is 1.12 bits per heavy atom. The number of benzene rings is 1. The van der Waals surface area contributed by atoms with Crippen LogP contribution in [0.4, 0.5) is 5.82 Å². The van der Waals surface area contributed by atoms with Crippen LogP contribution in [-0.2, 0) is 4.79 Å². The number of nitrogens with one attached hydrogen (secondary N) is 1. The molecule has 0 aliphatic carbocycles. The second-order valence-corrected chi connectivity index (χ2v) is 11.1. The number of carbonyl (C=O) groups is 1. The summed E-state index contributed by atoms with van der Waals surface area (Å²) in [5, 5.41) is 3.66. The van der Waals surface area contributed by atoms with Gasteiger partial charge in [-0.3, -0.25) is 9.79 Å². The van der Waals surface area contributed by atoms with Crippen molar-refractivity contribution in [3.8, 4) is 11.3 Å². The van der Waals surface area contributed by atoms with E-state index in [1.54, 1.807) is 14.0 Å². The molecule has 0 amide bonds. The molecule has 0 aliphatic heterocycles. The molecule has 2 aromatic rings. The number of aromatic nitrogens is 1. The highest BCUT2D eigenvalue weighted by molar-refractivity contribution is 6.11. The largest absolute Gasteiger partial charge is 0.383 e. The van der Waals surface area contributed by atoms with Crippen molar-refractivity contribution in [1.82, 2.24) is 9.88 Å². The monoisotopic (exact) mass is 542 g/mol. The van der Waals surface area contributed by atoms with Crippen molar-refractivity contribution in [1.29, 1.82) is 0 Å². The summed E-state index contributed by atoms with van der Waals surface area (Å²) in [7, 11) is 5.84. The highest BCUT2D eigenvalue weighted by Crippen LogP contribution is 2.31. The Labute approximate surface area is 243 Å². The van der Waals surface area contributed by atoms with E-state index in [0.717, 1.165) is 77.1 Å². The Bertz CT molecular complexity index is 1220. The molecule has 0 spiro atoms. The minimum Gasteiger partial charge on any atom is -0.383 e. The van der Waals surface area contributed by atoms with Crippen molar-refractivity contribution in [2.24, 2.45) is 16.8 Å². The number of aliphatic imine (C=N–C) groups is 1. The van der Waals surface area contributed by atoms with Gasteiger partial charge >= 0.3 is 0 Å². The van der Waals surface area contributed by atoms with Gasteiger partial charge in [-0.15, -0.1) is 0 Å². The zero-order valence-electron chi connectivity index (χ0n) is 26.1. The molecule has 0 bridgehead atoms. The second kappa shape index (κ2) is 16.6.